The molecule has 6 nitrogen and oxygen atoms in total. The zero-order valence-electron chi connectivity index (χ0n) is 12.0. The molecule has 2 unspecified atom stereocenters. The topological polar surface area (TPSA) is 73.9 Å². The minimum atomic E-state index is -0.0477. The lowest BCUT2D eigenvalue weighted by atomic mass is 10.1. The molecule has 2 aromatic heterocycles. The van der Waals surface area contributed by atoms with Gasteiger partial charge in [0.05, 0.1) is 17.4 Å². The number of nitrogens with one attached hydrogen (secondary N) is 2. The van der Waals surface area contributed by atoms with Crippen molar-refractivity contribution in [2.24, 2.45) is 5.92 Å². The van der Waals surface area contributed by atoms with Crippen molar-refractivity contribution < 1.29 is 4.79 Å². The number of H-pyrrole nitrogens is 1. The number of amides is 1. The van der Waals surface area contributed by atoms with Crippen LogP contribution in [0.3, 0.4) is 0 Å². The molecule has 2 aliphatic rings. The van der Waals surface area contributed by atoms with Gasteiger partial charge in [0.25, 0.3) is 5.91 Å². The SMILES string of the molecule is CC1CN(C2CC2)CC1NC(=O)c1cnc2nc[nH]c2c1. The number of aromatic amines is 1. The molecule has 2 N–H and O–H groups in total. The molecule has 21 heavy (non-hydrogen) atoms. The molecule has 1 aliphatic carbocycles. The normalized spacial score (nSPS) is 26.3. The molecule has 0 aromatic carbocycles. The molecule has 0 bridgehead atoms. The van der Waals surface area contributed by atoms with E-state index in [-0.39, 0.29) is 11.9 Å². The average Bonchev–Trinajstić information content (AvgIpc) is 3.12. The number of nitrogens with zero attached hydrogens (tertiary/aromatic N) is 3. The van der Waals surface area contributed by atoms with E-state index in [2.05, 4.69) is 32.1 Å². The largest absolute Gasteiger partial charge is 0.348 e. The number of carbonyl (C=O) groups excluding carboxylic acids is 1. The first kappa shape index (κ1) is 12.8. The summed E-state index contributed by atoms with van der Waals surface area (Å²) in [6.07, 6.45) is 5.81. The molecule has 2 aromatic rings. The van der Waals surface area contributed by atoms with E-state index in [1.54, 1.807) is 12.5 Å². The van der Waals surface area contributed by atoms with Crippen molar-refractivity contribution in [1.82, 2.24) is 25.2 Å². The Labute approximate surface area is 123 Å². The third-order valence-electron chi connectivity index (χ3n) is 4.56. The molecule has 3 heterocycles. The first-order valence-corrected chi connectivity index (χ1v) is 7.55. The number of rotatable bonds is 3. The molecule has 2 fully saturated rings. The third-order valence-corrected chi connectivity index (χ3v) is 4.56. The Bertz CT molecular complexity index is 678. The number of likely N-dealkylation sites (tertiary alicyclic amines) is 1. The van der Waals surface area contributed by atoms with Crippen molar-refractivity contribution in [1.29, 1.82) is 0 Å². The van der Waals surface area contributed by atoms with Gasteiger partial charge in [-0.2, -0.15) is 0 Å². The van der Waals surface area contributed by atoms with Gasteiger partial charge in [0, 0.05) is 31.4 Å². The highest BCUT2D eigenvalue weighted by Gasteiger charge is 2.38. The monoisotopic (exact) mass is 285 g/mol. The first-order chi connectivity index (χ1) is 10.2. The van der Waals surface area contributed by atoms with Crippen LogP contribution in [0.5, 0.6) is 0 Å². The number of pyridine rings is 1. The van der Waals surface area contributed by atoms with E-state index >= 15 is 0 Å². The smallest absolute Gasteiger partial charge is 0.253 e. The van der Waals surface area contributed by atoms with E-state index < -0.39 is 0 Å². The second-order valence-corrected chi connectivity index (χ2v) is 6.24. The van der Waals surface area contributed by atoms with Gasteiger partial charge in [0.15, 0.2) is 5.65 Å². The van der Waals surface area contributed by atoms with Crippen molar-refractivity contribution in [2.45, 2.75) is 31.8 Å². The molecule has 0 spiro atoms. The quantitative estimate of drug-likeness (QED) is 0.888. The molecular weight excluding hydrogens is 266 g/mol. The molecule has 1 saturated heterocycles. The summed E-state index contributed by atoms with van der Waals surface area (Å²) in [6, 6.07) is 2.80. The van der Waals surface area contributed by atoms with E-state index in [1.165, 1.54) is 12.8 Å². The number of hydrogen-bond acceptors (Lipinski definition) is 4. The van der Waals surface area contributed by atoms with Crippen LogP contribution in [0.25, 0.3) is 11.2 Å². The Morgan fingerprint density at radius 1 is 1.38 bits per heavy atom. The van der Waals surface area contributed by atoms with Crippen LogP contribution >= 0.6 is 0 Å². The zero-order chi connectivity index (χ0) is 14.4. The predicted molar refractivity (Wildman–Crippen MR) is 78.9 cm³/mol. The van der Waals surface area contributed by atoms with Gasteiger partial charge in [-0.15, -0.1) is 0 Å². The van der Waals surface area contributed by atoms with Crippen LogP contribution in [-0.4, -0.2) is 50.9 Å². The van der Waals surface area contributed by atoms with Gasteiger partial charge in [-0.25, -0.2) is 9.97 Å². The van der Waals surface area contributed by atoms with Crippen LogP contribution in [0.4, 0.5) is 0 Å². The minimum Gasteiger partial charge on any atom is -0.348 e. The highest BCUT2D eigenvalue weighted by atomic mass is 16.1. The highest BCUT2D eigenvalue weighted by molar-refractivity contribution is 5.96. The van der Waals surface area contributed by atoms with E-state index in [0.717, 1.165) is 24.6 Å². The summed E-state index contributed by atoms with van der Waals surface area (Å²) in [5.41, 5.74) is 2.02. The molecule has 1 amide bonds. The zero-order valence-corrected chi connectivity index (χ0v) is 12.0. The number of carbonyl (C=O) groups is 1. The molecule has 6 heteroatoms. The van der Waals surface area contributed by atoms with Crippen molar-refractivity contribution in [3.8, 4) is 0 Å². The highest BCUT2D eigenvalue weighted by Crippen LogP contribution is 2.31. The summed E-state index contributed by atoms with van der Waals surface area (Å²) < 4.78 is 0. The first-order valence-electron chi connectivity index (χ1n) is 7.55. The van der Waals surface area contributed by atoms with Crippen molar-refractivity contribution >= 4 is 17.1 Å². The van der Waals surface area contributed by atoms with Crippen LogP contribution in [0.2, 0.25) is 0 Å². The van der Waals surface area contributed by atoms with Gasteiger partial charge in [-0.05, 0) is 24.8 Å². The summed E-state index contributed by atoms with van der Waals surface area (Å²) in [5, 5.41) is 3.16. The fraction of sp³-hybridized carbons (Fsp3) is 0.533. The van der Waals surface area contributed by atoms with Crippen LogP contribution < -0.4 is 5.32 Å². The summed E-state index contributed by atoms with van der Waals surface area (Å²) >= 11 is 0. The van der Waals surface area contributed by atoms with Crippen molar-refractivity contribution in [2.75, 3.05) is 13.1 Å². The second-order valence-electron chi connectivity index (χ2n) is 6.24. The van der Waals surface area contributed by atoms with Gasteiger partial charge in [-0.3, -0.25) is 9.69 Å². The summed E-state index contributed by atoms with van der Waals surface area (Å²) in [7, 11) is 0. The third kappa shape index (κ3) is 2.40. The fourth-order valence-electron chi connectivity index (χ4n) is 3.14. The minimum absolute atomic E-state index is 0.0477. The Hall–Kier alpha value is -1.95. The standard InChI is InChI=1S/C15H19N5O/c1-9-6-20(11-2-3-11)7-13(9)19-15(21)10-4-12-14(16-5-10)18-8-17-12/h4-5,8-9,11,13H,2-3,6-7H2,1H3,(H,19,21)(H,16,17,18). The summed E-state index contributed by atoms with van der Waals surface area (Å²) in [4.78, 5) is 26.2. The van der Waals surface area contributed by atoms with Crippen LogP contribution in [0, 0.1) is 5.92 Å². The maximum Gasteiger partial charge on any atom is 0.253 e. The number of aromatic nitrogens is 3. The molecule has 1 aliphatic heterocycles. The van der Waals surface area contributed by atoms with Crippen molar-refractivity contribution in [3.63, 3.8) is 0 Å². The Balaban J connectivity index is 1.47. The molecule has 110 valence electrons. The van der Waals surface area contributed by atoms with Crippen LogP contribution in [-0.2, 0) is 0 Å². The number of fused-ring (bicyclic) bond motifs is 1. The maximum atomic E-state index is 12.4. The van der Waals surface area contributed by atoms with Gasteiger partial charge in [0.1, 0.15) is 0 Å². The average molecular weight is 285 g/mol. The fourth-order valence-corrected chi connectivity index (χ4v) is 3.14. The molecule has 0 radical (unpaired) electrons. The van der Waals surface area contributed by atoms with E-state index in [4.69, 9.17) is 0 Å². The summed E-state index contributed by atoms with van der Waals surface area (Å²) in [5.74, 6) is 0.451. The summed E-state index contributed by atoms with van der Waals surface area (Å²) in [6.45, 7) is 4.27. The van der Waals surface area contributed by atoms with Crippen molar-refractivity contribution in [3.05, 3.63) is 24.2 Å². The number of imidazole rings is 1. The van der Waals surface area contributed by atoms with Gasteiger partial charge in [-0.1, -0.05) is 6.92 Å². The molecule has 2 atom stereocenters. The lowest BCUT2D eigenvalue weighted by molar-refractivity contribution is 0.0931. The van der Waals surface area contributed by atoms with Crippen LogP contribution in [0.1, 0.15) is 30.1 Å². The lowest BCUT2D eigenvalue weighted by Crippen LogP contribution is -2.40. The molecular formula is C15H19N5O. The Kier molecular flexibility index (Phi) is 2.92. The van der Waals surface area contributed by atoms with E-state index in [1.807, 2.05) is 6.07 Å². The van der Waals surface area contributed by atoms with Gasteiger partial charge < -0.3 is 10.3 Å². The number of hydrogen-bond donors (Lipinski definition) is 2. The van der Waals surface area contributed by atoms with Crippen LogP contribution in [0.15, 0.2) is 18.6 Å². The van der Waals surface area contributed by atoms with E-state index in [9.17, 15) is 4.79 Å². The molecule has 4 rings (SSSR count). The second kappa shape index (κ2) is 4.80. The molecule has 1 saturated carbocycles. The van der Waals surface area contributed by atoms with Gasteiger partial charge >= 0.3 is 0 Å². The lowest BCUT2D eigenvalue weighted by Gasteiger charge is -2.17. The maximum absolute atomic E-state index is 12.4. The Morgan fingerprint density at radius 2 is 2.24 bits per heavy atom. The Morgan fingerprint density at radius 3 is 3.05 bits per heavy atom. The van der Waals surface area contributed by atoms with Gasteiger partial charge in [0.2, 0.25) is 0 Å². The van der Waals surface area contributed by atoms with E-state index in [0.29, 0.717) is 17.1 Å². The predicted octanol–water partition coefficient (Wildman–Crippen LogP) is 1.17.